The molecule has 48 heavy (non-hydrogen) atoms. The van der Waals surface area contributed by atoms with Gasteiger partial charge in [0.2, 0.25) is 17.7 Å². The Kier molecular flexibility index (Phi) is 10.1. The van der Waals surface area contributed by atoms with E-state index in [0.717, 1.165) is 41.0 Å². The monoisotopic (exact) mass is 658 g/mol. The van der Waals surface area contributed by atoms with Crippen molar-refractivity contribution in [1.29, 1.82) is 0 Å². The molecule has 1 atom stereocenters. The quantitative estimate of drug-likeness (QED) is 0.187. The molecule has 1 fully saturated rings. The van der Waals surface area contributed by atoms with Gasteiger partial charge >= 0.3 is 12.2 Å². The minimum absolute atomic E-state index is 0.0554. The topological polar surface area (TPSA) is 159 Å². The van der Waals surface area contributed by atoms with Gasteiger partial charge in [0.05, 0.1) is 19.9 Å². The van der Waals surface area contributed by atoms with E-state index in [1.165, 1.54) is 0 Å². The highest BCUT2D eigenvalue weighted by atomic mass is 16.6. The van der Waals surface area contributed by atoms with Crippen LogP contribution in [0.2, 0.25) is 0 Å². The minimum Gasteiger partial charge on any atom is -0.497 e. The summed E-state index contributed by atoms with van der Waals surface area (Å²) in [5.74, 6) is 1.72. The van der Waals surface area contributed by atoms with Crippen molar-refractivity contribution in [2.75, 3.05) is 13.7 Å². The van der Waals surface area contributed by atoms with E-state index in [1.807, 2.05) is 59.6 Å². The molecular weight excluding hydrogens is 616 g/mol. The summed E-state index contributed by atoms with van der Waals surface area (Å²) >= 11 is 0. The van der Waals surface area contributed by atoms with Crippen molar-refractivity contribution in [2.45, 2.75) is 84.6 Å². The normalized spacial score (nSPS) is 15.4. The summed E-state index contributed by atoms with van der Waals surface area (Å²) < 4.78 is 23.4. The molecule has 1 saturated heterocycles. The molecule has 1 N–H and O–H groups in total. The maximum absolute atomic E-state index is 12.7. The van der Waals surface area contributed by atoms with Crippen molar-refractivity contribution in [3.8, 4) is 28.4 Å². The molecule has 1 aliphatic heterocycles. The second-order valence-electron chi connectivity index (χ2n) is 13.5. The summed E-state index contributed by atoms with van der Waals surface area (Å²) in [6.45, 7) is 11.6. The number of nitrogens with one attached hydrogen (secondary N) is 1. The minimum atomic E-state index is -0.816. The van der Waals surface area contributed by atoms with Crippen LogP contribution in [0.1, 0.15) is 65.8 Å². The van der Waals surface area contributed by atoms with Crippen molar-refractivity contribution in [1.82, 2.24) is 35.4 Å². The Morgan fingerprint density at radius 3 is 2.33 bits per heavy atom. The van der Waals surface area contributed by atoms with Crippen molar-refractivity contribution >= 4 is 18.1 Å². The first-order chi connectivity index (χ1) is 22.7. The van der Waals surface area contributed by atoms with Gasteiger partial charge in [0, 0.05) is 30.1 Å². The fourth-order valence-corrected chi connectivity index (χ4v) is 5.13. The number of amides is 2. The highest BCUT2D eigenvalue weighted by Gasteiger charge is 2.32. The first kappa shape index (κ1) is 34.1. The van der Waals surface area contributed by atoms with Gasteiger partial charge in [-0.1, -0.05) is 34.6 Å². The molecule has 2 aromatic carbocycles. The number of aliphatic imine (C=N–C) groups is 1. The lowest BCUT2D eigenvalue weighted by Crippen LogP contribution is -2.49. The number of nitrogens with zero attached hydrogens (tertiary/aromatic N) is 7. The van der Waals surface area contributed by atoms with E-state index < -0.39 is 23.4 Å². The van der Waals surface area contributed by atoms with Crippen molar-refractivity contribution in [3.05, 3.63) is 66.2 Å². The second-order valence-corrected chi connectivity index (χ2v) is 13.5. The third-order valence-corrected chi connectivity index (χ3v) is 7.21. The number of alkyl carbamates (subject to hydrolysis) is 1. The summed E-state index contributed by atoms with van der Waals surface area (Å²) in [5, 5.41) is 15.4. The molecule has 0 saturated carbocycles. The van der Waals surface area contributed by atoms with Gasteiger partial charge in [-0.05, 0) is 84.2 Å². The molecular formula is C34H42N8O6. The van der Waals surface area contributed by atoms with Crippen molar-refractivity contribution in [3.63, 3.8) is 0 Å². The number of likely N-dealkylation sites (tertiary alicyclic amines) is 1. The number of benzene rings is 2. The number of carbonyl (C=O) groups is 2. The highest BCUT2D eigenvalue weighted by molar-refractivity contribution is 5.99. The average Bonchev–Trinajstić information content (AvgIpc) is 3.78. The molecule has 2 aromatic heterocycles. The zero-order chi connectivity index (χ0) is 34.5. The highest BCUT2D eigenvalue weighted by Crippen LogP contribution is 2.24. The zero-order valence-electron chi connectivity index (χ0n) is 28.4. The van der Waals surface area contributed by atoms with E-state index >= 15 is 0 Å². The first-order valence-electron chi connectivity index (χ1n) is 15.8. The zero-order valence-corrected chi connectivity index (χ0v) is 28.4. The number of rotatable bonds is 7. The SMILES string of the molecule is COc1ccc(-c2cn(Cc3ccc(-c4noc(C[C@@H]5CCCN5C(=NC(=O)OC(C)(C)C)NC(=O)OC(C)(C)C)n4)cc3)nn2)cc1. The molecule has 0 radical (unpaired) electrons. The van der Waals surface area contributed by atoms with Crippen molar-refractivity contribution in [2.24, 2.45) is 4.99 Å². The van der Waals surface area contributed by atoms with E-state index in [4.69, 9.17) is 18.7 Å². The molecule has 0 spiro atoms. The van der Waals surface area contributed by atoms with Crippen LogP contribution in [-0.2, 0) is 22.4 Å². The molecule has 0 aliphatic carbocycles. The molecule has 4 aromatic rings. The Labute approximate surface area is 279 Å². The Balaban J connectivity index is 1.24. The van der Waals surface area contributed by atoms with Crippen LogP contribution in [0.5, 0.6) is 5.75 Å². The molecule has 3 heterocycles. The lowest BCUT2D eigenvalue weighted by Gasteiger charge is -2.28. The third kappa shape index (κ3) is 9.39. The number of aromatic nitrogens is 5. The predicted octanol–water partition coefficient (Wildman–Crippen LogP) is 5.87. The van der Waals surface area contributed by atoms with Crippen LogP contribution >= 0.6 is 0 Å². The summed E-state index contributed by atoms with van der Waals surface area (Å²) in [6, 6.07) is 15.4. The maximum atomic E-state index is 12.7. The molecule has 5 rings (SSSR count). The number of carbonyl (C=O) groups excluding carboxylic acids is 2. The van der Waals surface area contributed by atoms with Gasteiger partial charge in [0.1, 0.15) is 22.6 Å². The number of guanidine groups is 1. The Morgan fingerprint density at radius 2 is 1.67 bits per heavy atom. The van der Waals surface area contributed by atoms with E-state index in [0.29, 0.717) is 31.2 Å². The molecule has 14 nitrogen and oxygen atoms in total. The third-order valence-electron chi connectivity index (χ3n) is 7.21. The van der Waals surface area contributed by atoms with E-state index in [-0.39, 0.29) is 12.0 Å². The van der Waals surface area contributed by atoms with E-state index in [9.17, 15) is 9.59 Å². The standard InChI is InChI=1S/C34H42N8O6/c1-33(2,3)46-31(43)36-30(37-32(44)47-34(4,5)6)42-18-8-9-25(42)19-28-35-29(39-48-28)24-12-10-22(11-13-24)20-41-21-27(38-40-41)23-14-16-26(45-7)17-15-23/h10-17,21,25H,8-9,18-20H2,1-7H3,(H,36,37,43,44)/t25-/m0/s1. The molecule has 0 unspecified atom stereocenters. The number of hydrogen-bond donors (Lipinski definition) is 1. The number of hydrogen-bond acceptors (Lipinski definition) is 10. The predicted molar refractivity (Wildman–Crippen MR) is 177 cm³/mol. The molecule has 1 aliphatic rings. The van der Waals surface area contributed by atoms with Gasteiger partial charge in [0.15, 0.2) is 0 Å². The lowest BCUT2D eigenvalue weighted by atomic mass is 10.1. The van der Waals surface area contributed by atoms with Crippen molar-refractivity contribution < 1.29 is 28.3 Å². The van der Waals surface area contributed by atoms with Crippen LogP contribution in [0.3, 0.4) is 0 Å². The lowest BCUT2D eigenvalue weighted by molar-refractivity contribution is 0.0554. The second kappa shape index (κ2) is 14.2. The van der Waals surface area contributed by atoms with E-state index in [1.54, 1.807) is 53.3 Å². The van der Waals surface area contributed by atoms with Gasteiger partial charge in [-0.2, -0.15) is 4.98 Å². The van der Waals surface area contributed by atoms with Crippen LogP contribution in [-0.4, -0.2) is 79.1 Å². The molecule has 2 amide bonds. The molecule has 14 heteroatoms. The smallest absolute Gasteiger partial charge is 0.437 e. The van der Waals surface area contributed by atoms with Crippen LogP contribution in [0.25, 0.3) is 22.6 Å². The van der Waals surface area contributed by atoms with Crippen LogP contribution in [0.15, 0.2) is 64.2 Å². The average molecular weight is 659 g/mol. The number of methoxy groups -OCH3 is 1. The van der Waals surface area contributed by atoms with Crippen LogP contribution in [0.4, 0.5) is 9.59 Å². The maximum Gasteiger partial charge on any atom is 0.437 e. The number of ether oxygens (including phenoxy) is 3. The fourth-order valence-electron chi connectivity index (χ4n) is 5.13. The Morgan fingerprint density at radius 1 is 0.979 bits per heavy atom. The molecule has 254 valence electrons. The van der Waals surface area contributed by atoms with Crippen LogP contribution in [0, 0.1) is 0 Å². The van der Waals surface area contributed by atoms with Crippen LogP contribution < -0.4 is 10.1 Å². The fraction of sp³-hybridized carbons (Fsp3) is 0.441. The van der Waals surface area contributed by atoms with Gasteiger partial charge in [0.25, 0.3) is 0 Å². The van der Waals surface area contributed by atoms with Gasteiger partial charge in [-0.3, -0.25) is 5.32 Å². The Hall–Kier alpha value is -5.27. The summed E-state index contributed by atoms with van der Waals surface area (Å²) in [6.07, 6.45) is 2.32. The Bertz CT molecular complexity index is 1730. The largest absolute Gasteiger partial charge is 0.497 e. The van der Waals surface area contributed by atoms with E-state index in [2.05, 4.69) is 30.8 Å². The summed E-state index contributed by atoms with van der Waals surface area (Å²) in [5.41, 5.74) is 2.08. The first-order valence-corrected chi connectivity index (χ1v) is 15.8. The summed E-state index contributed by atoms with van der Waals surface area (Å²) in [7, 11) is 1.63. The molecule has 0 bridgehead atoms. The van der Waals surface area contributed by atoms with Gasteiger partial charge in [-0.25, -0.2) is 14.3 Å². The van der Waals surface area contributed by atoms with Gasteiger partial charge in [-0.15, -0.1) is 10.1 Å². The summed E-state index contributed by atoms with van der Waals surface area (Å²) in [4.78, 5) is 35.9. The van der Waals surface area contributed by atoms with Gasteiger partial charge < -0.3 is 23.6 Å².